The van der Waals surface area contributed by atoms with Gasteiger partial charge in [-0.25, -0.2) is 9.45 Å². The smallest absolute Gasteiger partial charge is 0.187 e. The second-order valence-corrected chi connectivity index (χ2v) is 3.86. The van der Waals surface area contributed by atoms with Crippen molar-refractivity contribution >= 4 is 17.2 Å². The fourth-order valence-electron chi connectivity index (χ4n) is 1.84. The second kappa shape index (κ2) is 4.12. The van der Waals surface area contributed by atoms with Crippen LogP contribution in [0.1, 0.15) is 5.56 Å². The first kappa shape index (κ1) is 10.7. The van der Waals surface area contributed by atoms with Crippen LogP contribution in [0.5, 0.6) is 0 Å². The summed E-state index contributed by atoms with van der Waals surface area (Å²) in [5, 5.41) is 15.0. The second-order valence-electron chi connectivity index (χ2n) is 3.86. The number of hydrazone groups is 1. The van der Waals surface area contributed by atoms with Gasteiger partial charge >= 0.3 is 0 Å². The zero-order valence-electron chi connectivity index (χ0n) is 9.34. The maximum absolute atomic E-state index is 13.7. The Bertz CT molecular complexity index is 627. The number of benzene rings is 2. The topological polar surface area (TPSA) is 47.9 Å². The predicted molar refractivity (Wildman–Crippen MR) is 67.3 cm³/mol. The third kappa shape index (κ3) is 1.61. The first-order valence-corrected chi connectivity index (χ1v) is 5.44. The summed E-state index contributed by atoms with van der Waals surface area (Å²) in [5.74, 6) is -0.303. The molecule has 2 aromatic carbocycles. The van der Waals surface area contributed by atoms with Crippen LogP contribution < -0.4 is 10.5 Å². The summed E-state index contributed by atoms with van der Waals surface area (Å²) in [4.78, 5) is 0. The Hall–Kier alpha value is -2.40. The average Bonchev–Trinajstić information content (AvgIpc) is 2.41. The van der Waals surface area contributed by atoms with Gasteiger partial charge in [0.15, 0.2) is 5.84 Å². The Morgan fingerprint density at radius 1 is 1.06 bits per heavy atom. The van der Waals surface area contributed by atoms with Crippen LogP contribution in [-0.4, -0.2) is 11.0 Å². The van der Waals surface area contributed by atoms with Crippen LogP contribution in [0.25, 0.3) is 0 Å². The number of hydroxylamine groups is 1. The molecule has 0 saturated heterocycles. The quantitative estimate of drug-likeness (QED) is 0.809. The fourth-order valence-corrected chi connectivity index (χ4v) is 1.84. The third-order valence-electron chi connectivity index (χ3n) is 2.73. The molecule has 0 unspecified atom stereocenters. The minimum atomic E-state index is -0.434. The van der Waals surface area contributed by atoms with E-state index in [1.165, 1.54) is 6.07 Å². The maximum Gasteiger partial charge on any atom is 0.187 e. The van der Waals surface area contributed by atoms with E-state index in [-0.39, 0.29) is 11.4 Å². The number of rotatable bonds is 1. The summed E-state index contributed by atoms with van der Waals surface area (Å²) in [7, 11) is 0. The van der Waals surface area contributed by atoms with Crippen LogP contribution in [0.4, 0.5) is 15.8 Å². The fraction of sp³-hybridized carbons (Fsp3) is 0. The van der Waals surface area contributed by atoms with Gasteiger partial charge in [-0.1, -0.05) is 24.3 Å². The minimum absolute atomic E-state index is 0.131. The third-order valence-corrected chi connectivity index (χ3v) is 2.73. The highest BCUT2D eigenvalue weighted by atomic mass is 19.1. The summed E-state index contributed by atoms with van der Waals surface area (Å²) in [5.41, 5.74) is 4.23. The summed E-state index contributed by atoms with van der Waals surface area (Å²) < 4.78 is 13.7. The van der Waals surface area contributed by atoms with Gasteiger partial charge in [0, 0.05) is 0 Å². The normalized spacial score (nSPS) is 13.7. The van der Waals surface area contributed by atoms with E-state index in [0.717, 1.165) is 5.06 Å². The number of fused-ring (bicyclic) bond motifs is 1. The predicted octanol–water partition coefficient (Wildman–Crippen LogP) is 2.81. The Kier molecular flexibility index (Phi) is 2.46. The van der Waals surface area contributed by atoms with E-state index < -0.39 is 5.82 Å². The number of nitrogens with one attached hydrogen (secondary N) is 1. The van der Waals surface area contributed by atoms with Gasteiger partial charge in [0.05, 0.1) is 16.9 Å². The lowest BCUT2D eigenvalue weighted by atomic mass is 10.1. The highest BCUT2D eigenvalue weighted by Crippen LogP contribution is 2.29. The van der Waals surface area contributed by atoms with Gasteiger partial charge in [-0.15, -0.1) is 0 Å². The molecule has 1 aliphatic rings. The van der Waals surface area contributed by atoms with Crippen molar-refractivity contribution in [3.63, 3.8) is 0 Å². The van der Waals surface area contributed by atoms with Gasteiger partial charge in [-0.05, 0) is 24.3 Å². The SMILES string of the molecule is ON1C(c2ccccc2F)=NNc2ccccc21. The van der Waals surface area contributed by atoms with Gasteiger partial charge < -0.3 is 0 Å². The van der Waals surface area contributed by atoms with Crippen LogP contribution >= 0.6 is 0 Å². The van der Waals surface area contributed by atoms with Crippen molar-refractivity contribution in [2.24, 2.45) is 5.10 Å². The highest BCUT2D eigenvalue weighted by molar-refractivity contribution is 6.11. The molecule has 0 radical (unpaired) electrons. The molecule has 0 bridgehead atoms. The van der Waals surface area contributed by atoms with Gasteiger partial charge in [0.1, 0.15) is 5.82 Å². The molecule has 0 fully saturated rings. The molecule has 0 aliphatic carbocycles. The van der Waals surface area contributed by atoms with Crippen molar-refractivity contribution in [1.82, 2.24) is 0 Å². The molecule has 1 aliphatic heterocycles. The lowest BCUT2D eigenvalue weighted by molar-refractivity contribution is 0.311. The van der Waals surface area contributed by atoms with E-state index in [9.17, 15) is 9.60 Å². The van der Waals surface area contributed by atoms with Crippen molar-refractivity contribution in [2.75, 3.05) is 10.5 Å². The van der Waals surface area contributed by atoms with Crippen LogP contribution in [0.15, 0.2) is 53.6 Å². The molecule has 2 aromatic rings. The molecular weight excluding hydrogens is 233 g/mol. The molecule has 5 heteroatoms. The summed E-state index contributed by atoms with van der Waals surface area (Å²) in [6, 6.07) is 13.3. The van der Waals surface area contributed by atoms with E-state index >= 15 is 0 Å². The molecule has 0 aromatic heterocycles. The lowest BCUT2D eigenvalue weighted by Crippen LogP contribution is -2.33. The standard InChI is InChI=1S/C13H10FN3O/c14-10-6-2-1-5-9(10)13-16-15-11-7-3-4-8-12(11)17(13)18/h1-8,15,18H. The molecule has 0 atom stereocenters. The van der Waals surface area contributed by atoms with Crippen molar-refractivity contribution < 1.29 is 9.60 Å². The van der Waals surface area contributed by atoms with Crippen LogP contribution in [0, 0.1) is 5.82 Å². The Balaban J connectivity index is 2.07. The lowest BCUT2D eigenvalue weighted by Gasteiger charge is -2.25. The Labute approximate surface area is 103 Å². The van der Waals surface area contributed by atoms with Crippen molar-refractivity contribution in [1.29, 1.82) is 0 Å². The van der Waals surface area contributed by atoms with E-state index in [1.807, 2.05) is 6.07 Å². The number of halogens is 1. The van der Waals surface area contributed by atoms with E-state index in [0.29, 0.717) is 11.4 Å². The zero-order valence-corrected chi connectivity index (χ0v) is 9.34. The van der Waals surface area contributed by atoms with E-state index in [4.69, 9.17) is 0 Å². The summed E-state index contributed by atoms with van der Waals surface area (Å²) in [6.07, 6.45) is 0. The molecule has 2 N–H and O–H groups in total. The van der Waals surface area contributed by atoms with Crippen molar-refractivity contribution in [3.05, 3.63) is 59.9 Å². The monoisotopic (exact) mass is 243 g/mol. The Morgan fingerprint density at radius 3 is 2.61 bits per heavy atom. The van der Waals surface area contributed by atoms with Crippen LogP contribution in [-0.2, 0) is 0 Å². The minimum Gasteiger partial charge on any atom is -0.282 e. The Morgan fingerprint density at radius 2 is 1.78 bits per heavy atom. The zero-order chi connectivity index (χ0) is 12.5. The summed E-state index contributed by atoms with van der Waals surface area (Å²) >= 11 is 0. The largest absolute Gasteiger partial charge is 0.282 e. The molecule has 3 rings (SSSR count). The van der Waals surface area contributed by atoms with E-state index in [1.54, 1.807) is 36.4 Å². The molecule has 90 valence electrons. The molecular formula is C13H10FN3O. The van der Waals surface area contributed by atoms with E-state index in [2.05, 4.69) is 10.5 Å². The molecule has 0 spiro atoms. The summed E-state index contributed by atoms with van der Waals surface area (Å²) in [6.45, 7) is 0. The number of hydrogen-bond acceptors (Lipinski definition) is 4. The molecule has 0 saturated carbocycles. The van der Waals surface area contributed by atoms with Crippen molar-refractivity contribution in [2.45, 2.75) is 0 Å². The molecule has 18 heavy (non-hydrogen) atoms. The number of amidine groups is 1. The van der Waals surface area contributed by atoms with Crippen LogP contribution in [0.2, 0.25) is 0 Å². The van der Waals surface area contributed by atoms with Gasteiger partial charge in [0.2, 0.25) is 0 Å². The molecule has 4 nitrogen and oxygen atoms in total. The first-order chi connectivity index (χ1) is 8.77. The molecule has 0 amide bonds. The van der Waals surface area contributed by atoms with Gasteiger partial charge in [-0.2, -0.15) is 5.10 Å². The number of para-hydroxylation sites is 2. The molecule has 1 heterocycles. The number of hydrogen-bond donors (Lipinski definition) is 2. The maximum atomic E-state index is 13.7. The van der Waals surface area contributed by atoms with Gasteiger partial charge in [-0.3, -0.25) is 10.6 Å². The van der Waals surface area contributed by atoms with Crippen LogP contribution in [0.3, 0.4) is 0 Å². The van der Waals surface area contributed by atoms with Gasteiger partial charge in [0.25, 0.3) is 0 Å². The number of nitrogens with zero attached hydrogens (tertiary/aromatic N) is 2. The van der Waals surface area contributed by atoms with Crippen molar-refractivity contribution in [3.8, 4) is 0 Å². The average molecular weight is 243 g/mol. The first-order valence-electron chi connectivity index (χ1n) is 5.44. The number of anilines is 2. The highest BCUT2D eigenvalue weighted by Gasteiger charge is 2.22.